The zero-order chi connectivity index (χ0) is 12.2. The molecule has 102 valence electrons. The molecule has 1 aliphatic rings. The summed E-state index contributed by atoms with van der Waals surface area (Å²) in [6.45, 7) is 7.51. The Balaban J connectivity index is 0.00000256. The molecule has 1 amide bonds. The maximum atomic E-state index is 11.6. The average Bonchev–Trinajstić information content (AvgIpc) is 2.64. The second-order valence-corrected chi connectivity index (χ2v) is 5.81. The van der Waals surface area contributed by atoms with E-state index < -0.39 is 6.10 Å². The maximum Gasteiger partial charge on any atom is 0.237 e. The third-order valence-corrected chi connectivity index (χ3v) is 2.74. The molecule has 0 bridgehead atoms. The molecular formula is C12H25ClN2O2. The van der Waals surface area contributed by atoms with Crippen molar-refractivity contribution in [2.75, 3.05) is 13.1 Å². The predicted molar refractivity (Wildman–Crippen MR) is 71.4 cm³/mol. The standard InChI is InChI=1S/C12H24N2O2.ClH/c1-12(2,3)7-9(15)8-14-11(16)10-5-4-6-13-10;/h9-10,13,15H,4-8H2,1-3H3,(H,14,16);1H. The fourth-order valence-electron chi connectivity index (χ4n) is 2.03. The van der Waals surface area contributed by atoms with E-state index in [9.17, 15) is 9.90 Å². The van der Waals surface area contributed by atoms with Crippen molar-refractivity contribution in [3.8, 4) is 0 Å². The van der Waals surface area contributed by atoms with Gasteiger partial charge in [-0.3, -0.25) is 4.79 Å². The third-order valence-electron chi connectivity index (χ3n) is 2.74. The van der Waals surface area contributed by atoms with Crippen molar-refractivity contribution in [1.29, 1.82) is 0 Å². The summed E-state index contributed by atoms with van der Waals surface area (Å²) in [5.41, 5.74) is 0.0930. The number of rotatable bonds is 4. The van der Waals surface area contributed by atoms with Crippen molar-refractivity contribution >= 4 is 18.3 Å². The second kappa shape index (κ2) is 7.19. The summed E-state index contributed by atoms with van der Waals surface area (Å²) >= 11 is 0. The summed E-state index contributed by atoms with van der Waals surface area (Å²) in [5.74, 6) is 0.0189. The largest absolute Gasteiger partial charge is 0.391 e. The molecule has 3 N–H and O–H groups in total. The van der Waals surface area contributed by atoms with Crippen LogP contribution in [0.2, 0.25) is 0 Å². The summed E-state index contributed by atoms with van der Waals surface area (Å²) in [7, 11) is 0. The van der Waals surface area contributed by atoms with Gasteiger partial charge in [0.15, 0.2) is 0 Å². The number of amides is 1. The summed E-state index contributed by atoms with van der Waals surface area (Å²) in [5, 5.41) is 15.7. The predicted octanol–water partition coefficient (Wildman–Crippen LogP) is 1.07. The van der Waals surface area contributed by atoms with Crippen molar-refractivity contribution in [2.24, 2.45) is 5.41 Å². The van der Waals surface area contributed by atoms with Crippen molar-refractivity contribution in [1.82, 2.24) is 10.6 Å². The van der Waals surface area contributed by atoms with E-state index in [0.717, 1.165) is 19.4 Å². The minimum atomic E-state index is -0.453. The Bertz CT molecular complexity index is 235. The van der Waals surface area contributed by atoms with Crippen LogP contribution in [0, 0.1) is 5.41 Å². The molecule has 17 heavy (non-hydrogen) atoms. The van der Waals surface area contributed by atoms with Gasteiger partial charge in [0.25, 0.3) is 0 Å². The molecule has 0 aromatic carbocycles. The molecule has 2 unspecified atom stereocenters. The van der Waals surface area contributed by atoms with Crippen LogP contribution in [-0.4, -0.2) is 36.2 Å². The number of aliphatic hydroxyl groups is 1. The fraction of sp³-hybridized carbons (Fsp3) is 0.917. The fourth-order valence-corrected chi connectivity index (χ4v) is 2.03. The number of carbonyl (C=O) groups is 1. The quantitative estimate of drug-likeness (QED) is 0.712. The number of hydrogen-bond donors (Lipinski definition) is 3. The highest BCUT2D eigenvalue weighted by Crippen LogP contribution is 2.20. The van der Waals surface area contributed by atoms with Gasteiger partial charge in [0.05, 0.1) is 12.1 Å². The first kappa shape index (κ1) is 16.7. The van der Waals surface area contributed by atoms with E-state index in [2.05, 4.69) is 31.4 Å². The van der Waals surface area contributed by atoms with Crippen molar-refractivity contribution in [2.45, 2.75) is 52.2 Å². The highest BCUT2D eigenvalue weighted by molar-refractivity contribution is 5.85. The lowest BCUT2D eigenvalue weighted by atomic mass is 9.89. The molecule has 1 heterocycles. The molecule has 0 spiro atoms. The molecule has 1 saturated heterocycles. The lowest BCUT2D eigenvalue weighted by molar-refractivity contribution is -0.123. The van der Waals surface area contributed by atoms with E-state index >= 15 is 0 Å². The zero-order valence-electron chi connectivity index (χ0n) is 11.0. The van der Waals surface area contributed by atoms with E-state index in [-0.39, 0.29) is 29.8 Å². The van der Waals surface area contributed by atoms with Gasteiger partial charge in [-0.15, -0.1) is 12.4 Å². The Morgan fingerprint density at radius 1 is 1.53 bits per heavy atom. The molecule has 0 aliphatic carbocycles. The summed E-state index contributed by atoms with van der Waals surface area (Å²) < 4.78 is 0. The van der Waals surface area contributed by atoms with Crippen LogP contribution in [0.25, 0.3) is 0 Å². The van der Waals surface area contributed by atoms with Crippen LogP contribution >= 0.6 is 12.4 Å². The van der Waals surface area contributed by atoms with Crippen LogP contribution in [0.1, 0.15) is 40.0 Å². The number of halogens is 1. The maximum absolute atomic E-state index is 11.6. The number of hydrogen-bond acceptors (Lipinski definition) is 3. The normalized spacial score (nSPS) is 21.8. The number of carbonyl (C=O) groups excluding carboxylic acids is 1. The van der Waals surface area contributed by atoms with Gasteiger partial charge in [0, 0.05) is 6.54 Å². The number of aliphatic hydroxyl groups excluding tert-OH is 1. The summed E-state index contributed by atoms with van der Waals surface area (Å²) in [6, 6.07) is -0.0539. The van der Waals surface area contributed by atoms with Crippen molar-refractivity contribution in [3.05, 3.63) is 0 Å². The molecule has 1 rings (SSSR count). The minimum absolute atomic E-state index is 0. The van der Waals surface area contributed by atoms with Gasteiger partial charge in [0.1, 0.15) is 0 Å². The van der Waals surface area contributed by atoms with Gasteiger partial charge in [-0.05, 0) is 31.2 Å². The Kier molecular flexibility index (Phi) is 7.05. The van der Waals surface area contributed by atoms with E-state index in [0.29, 0.717) is 13.0 Å². The van der Waals surface area contributed by atoms with E-state index in [1.807, 2.05) is 0 Å². The second-order valence-electron chi connectivity index (χ2n) is 5.81. The molecule has 0 radical (unpaired) electrons. The topological polar surface area (TPSA) is 61.4 Å². The molecule has 0 aromatic rings. The monoisotopic (exact) mass is 264 g/mol. The van der Waals surface area contributed by atoms with Crippen LogP contribution < -0.4 is 10.6 Å². The zero-order valence-corrected chi connectivity index (χ0v) is 11.8. The Morgan fingerprint density at radius 3 is 2.65 bits per heavy atom. The molecule has 1 fully saturated rings. The molecule has 4 nitrogen and oxygen atoms in total. The molecule has 0 aromatic heterocycles. The lowest BCUT2D eigenvalue weighted by Gasteiger charge is -2.23. The summed E-state index contributed by atoms with van der Waals surface area (Å²) in [6.07, 6.45) is 2.21. The first-order valence-electron chi connectivity index (χ1n) is 6.08. The van der Waals surface area contributed by atoms with E-state index in [1.165, 1.54) is 0 Å². The molecule has 2 atom stereocenters. The van der Waals surface area contributed by atoms with Gasteiger partial charge in [-0.25, -0.2) is 0 Å². The highest BCUT2D eigenvalue weighted by atomic mass is 35.5. The SMILES string of the molecule is CC(C)(C)CC(O)CNC(=O)C1CCCN1.Cl. The molecule has 0 saturated carbocycles. The van der Waals surface area contributed by atoms with Crippen LogP contribution in [0.5, 0.6) is 0 Å². The first-order chi connectivity index (χ1) is 7.38. The smallest absolute Gasteiger partial charge is 0.237 e. The van der Waals surface area contributed by atoms with E-state index in [1.54, 1.807) is 0 Å². The van der Waals surface area contributed by atoms with Crippen molar-refractivity contribution < 1.29 is 9.90 Å². The molecular weight excluding hydrogens is 240 g/mol. The molecule has 5 heteroatoms. The third kappa shape index (κ3) is 6.86. The van der Waals surface area contributed by atoms with Crippen molar-refractivity contribution in [3.63, 3.8) is 0 Å². The van der Waals surface area contributed by atoms with Crippen LogP contribution in [0.15, 0.2) is 0 Å². The van der Waals surface area contributed by atoms with Crippen LogP contribution in [-0.2, 0) is 4.79 Å². The summed E-state index contributed by atoms with van der Waals surface area (Å²) in [4.78, 5) is 11.6. The van der Waals surface area contributed by atoms with Gasteiger partial charge in [0.2, 0.25) is 5.91 Å². The first-order valence-corrected chi connectivity index (χ1v) is 6.08. The van der Waals surface area contributed by atoms with Crippen LogP contribution in [0.3, 0.4) is 0 Å². The number of nitrogens with one attached hydrogen (secondary N) is 2. The van der Waals surface area contributed by atoms with Gasteiger partial charge in [-0.2, -0.15) is 0 Å². The average molecular weight is 265 g/mol. The molecule has 1 aliphatic heterocycles. The van der Waals surface area contributed by atoms with Crippen LogP contribution in [0.4, 0.5) is 0 Å². The lowest BCUT2D eigenvalue weighted by Crippen LogP contribution is -2.43. The van der Waals surface area contributed by atoms with Gasteiger partial charge >= 0.3 is 0 Å². The Labute approximate surface area is 110 Å². The minimum Gasteiger partial charge on any atom is -0.391 e. The van der Waals surface area contributed by atoms with E-state index in [4.69, 9.17) is 0 Å². The highest BCUT2D eigenvalue weighted by Gasteiger charge is 2.23. The Hall–Kier alpha value is -0.320. The van der Waals surface area contributed by atoms with Gasteiger partial charge in [-0.1, -0.05) is 20.8 Å². The Morgan fingerprint density at radius 2 is 2.18 bits per heavy atom. The van der Waals surface area contributed by atoms with Gasteiger partial charge < -0.3 is 15.7 Å².